The second-order valence-electron chi connectivity index (χ2n) is 6.15. The lowest BCUT2D eigenvalue weighted by Crippen LogP contribution is -2.23. The average Bonchev–Trinajstić information content (AvgIpc) is 2.30. The van der Waals surface area contributed by atoms with Crippen molar-refractivity contribution in [2.24, 2.45) is 16.2 Å². The van der Waals surface area contributed by atoms with Crippen LogP contribution in [0.3, 0.4) is 0 Å². The summed E-state index contributed by atoms with van der Waals surface area (Å²) >= 11 is 5.68. The van der Waals surface area contributed by atoms with Crippen molar-refractivity contribution < 1.29 is 4.79 Å². The molecule has 76 valence electrons. The fourth-order valence-corrected chi connectivity index (χ4v) is 2.71. The van der Waals surface area contributed by atoms with E-state index >= 15 is 0 Å². The molecule has 1 unspecified atom stereocenters. The predicted molar refractivity (Wildman–Crippen MR) is 55.8 cm³/mol. The molecule has 1 aliphatic rings. The van der Waals surface area contributed by atoms with Gasteiger partial charge in [0, 0.05) is 0 Å². The van der Waals surface area contributed by atoms with Crippen LogP contribution >= 0.6 is 11.6 Å². The molecule has 1 aliphatic carbocycles. The number of hydrogen-bond acceptors (Lipinski definition) is 1. The van der Waals surface area contributed by atoms with E-state index in [0.717, 1.165) is 12.8 Å². The molecule has 0 aromatic rings. The Kier molecular flexibility index (Phi) is 2.31. The molecule has 0 radical (unpaired) electrons. The Morgan fingerprint density at radius 3 is 1.85 bits per heavy atom. The minimum Gasteiger partial charge on any atom is -0.281 e. The summed E-state index contributed by atoms with van der Waals surface area (Å²) in [5.41, 5.74) is 0.0459. The molecule has 0 amide bonds. The number of carbonyl (C=O) groups excluding carboxylic acids is 1. The third kappa shape index (κ3) is 1.90. The van der Waals surface area contributed by atoms with E-state index in [2.05, 4.69) is 34.6 Å². The van der Waals surface area contributed by atoms with Crippen LogP contribution < -0.4 is 0 Å². The van der Waals surface area contributed by atoms with Crippen LogP contribution in [0.4, 0.5) is 0 Å². The Hall–Kier alpha value is -0.0400. The van der Waals surface area contributed by atoms with Gasteiger partial charge in [0.2, 0.25) is 5.24 Å². The van der Waals surface area contributed by atoms with E-state index in [1.165, 1.54) is 0 Å². The van der Waals surface area contributed by atoms with Gasteiger partial charge in [-0.15, -0.1) is 0 Å². The van der Waals surface area contributed by atoms with Crippen LogP contribution in [0.1, 0.15) is 47.5 Å². The van der Waals surface area contributed by atoms with Crippen LogP contribution in [0.25, 0.3) is 0 Å². The van der Waals surface area contributed by atoms with E-state index < -0.39 is 0 Å². The lowest BCUT2D eigenvalue weighted by Gasteiger charge is -2.26. The highest BCUT2D eigenvalue weighted by Crippen LogP contribution is 2.68. The zero-order valence-electron chi connectivity index (χ0n) is 9.20. The highest BCUT2D eigenvalue weighted by Gasteiger charge is 2.66. The average molecular weight is 203 g/mol. The first kappa shape index (κ1) is 11.0. The molecule has 1 fully saturated rings. The maximum atomic E-state index is 11.4. The van der Waals surface area contributed by atoms with Gasteiger partial charge in [0.1, 0.15) is 0 Å². The zero-order valence-corrected chi connectivity index (χ0v) is 9.96. The van der Waals surface area contributed by atoms with Crippen LogP contribution in [0.5, 0.6) is 0 Å². The minimum atomic E-state index is -0.243. The SMILES string of the molecule is CC(C)(C)CC1(C(=O)Cl)CC1(C)C. The molecule has 0 aliphatic heterocycles. The van der Waals surface area contributed by atoms with E-state index in [-0.39, 0.29) is 21.5 Å². The van der Waals surface area contributed by atoms with Gasteiger partial charge < -0.3 is 0 Å². The smallest absolute Gasteiger partial charge is 0.228 e. The second-order valence-corrected chi connectivity index (χ2v) is 6.50. The molecule has 1 saturated carbocycles. The standard InChI is InChI=1S/C11H19ClO/c1-9(2,3)6-11(8(12)13)7-10(11,4)5/h6-7H2,1-5H3. The number of rotatable bonds is 2. The van der Waals surface area contributed by atoms with E-state index in [9.17, 15) is 4.79 Å². The highest BCUT2D eigenvalue weighted by molar-refractivity contribution is 6.65. The molecule has 0 spiro atoms. The lowest BCUT2D eigenvalue weighted by atomic mass is 9.79. The molecule has 1 nitrogen and oxygen atoms in total. The van der Waals surface area contributed by atoms with Crippen molar-refractivity contribution in [1.82, 2.24) is 0 Å². The minimum absolute atomic E-state index is 0.110. The van der Waals surface area contributed by atoms with E-state index in [4.69, 9.17) is 11.6 Å². The van der Waals surface area contributed by atoms with Gasteiger partial charge in [0.05, 0.1) is 5.41 Å². The molecule has 1 atom stereocenters. The van der Waals surface area contributed by atoms with E-state index in [1.54, 1.807) is 0 Å². The number of hydrogen-bond donors (Lipinski definition) is 0. The maximum absolute atomic E-state index is 11.4. The third-order valence-corrected chi connectivity index (χ3v) is 3.48. The van der Waals surface area contributed by atoms with Crippen LogP contribution in [0.2, 0.25) is 0 Å². The van der Waals surface area contributed by atoms with Crippen molar-refractivity contribution in [2.75, 3.05) is 0 Å². The third-order valence-electron chi connectivity index (χ3n) is 3.12. The first-order valence-corrected chi connectivity index (χ1v) is 5.19. The summed E-state index contributed by atoms with van der Waals surface area (Å²) in [4.78, 5) is 11.4. The summed E-state index contributed by atoms with van der Waals surface area (Å²) in [5.74, 6) is 0. The molecule has 0 saturated heterocycles. The fourth-order valence-electron chi connectivity index (χ4n) is 2.32. The molecule has 13 heavy (non-hydrogen) atoms. The van der Waals surface area contributed by atoms with Crippen LogP contribution in [-0.2, 0) is 4.79 Å². The molecule has 0 heterocycles. The molecule has 0 aromatic heterocycles. The maximum Gasteiger partial charge on any atom is 0.228 e. The Bertz CT molecular complexity index is 237. The summed E-state index contributed by atoms with van der Waals surface area (Å²) in [6.07, 6.45) is 1.84. The Morgan fingerprint density at radius 2 is 1.77 bits per heavy atom. The van der Waals surface area contributed by atoms with Gasteiger partial charge in [-0.3, -0.25) is 4.79 Å². The van der Waals surface area contributed by atoms with Crippen LogP contribution in [0, 0.1) is 16.2 Å². The van der Waals surface area contributed by atoms with E-state index in [1.807, 2.05) is 0 Å². The summed E-state index contributed by atoms with van der Waals surface area (Å²) in [6, 6.07) is 0. The summed E-state index contributed by atoms with van der Waals surface area (Å²) < 4.78 is 0. The number of carbonyl (C=O) groups is 1. The van der Waals surface area contributed by atoms with Crippen molar-refractivity contribution >= 4 is 16.8 Å². The van der Waals surface area contributed by atoms with E-state index in [0.29, 0.717) is 0 Å². The van der Waals surface area contributed by atoms with Gasteiger partial charge in [0.15, 0.2) is 0 Å². The van der Waals surface area contributed by atoms with Crippen molar-refractivity contribution in [1.29, 1.82) is 0 Å². The van der Waals surface area contributed by atoms with Gasteiger partial charge in [0.25, 0.3) is 0 Å². The van der Waals surface area contributed by atoms with Gasteiger partial charge in [-0.05, 0) is 35.3 Å². The molecule has 1 rings (SSSR count). The Balaban J connectivity index is 2.81. The van der Waals surface area contributed by atoms with Crippen LogP contribution in [0.15, 0.2) is 0 Å². The summed E-state index contributed by atoms with van der Waals surface area (Å²) in [5, 5.41) is -0.146. The molecular formula is C11H19ClO. The van der Waals surface area contributed by atoms with Gasteiger partial charge >= 0.3 is 0 Å². The van der Waals surface area contributed by atoms with Gasteiger partial charge in [-0.25, -0.2) is 0 Å². The first-order valence-electron chi connectivity index (χ1n) is 4.81. The topological polar surface area (TPSA) is 17.1 Å². The van der Waals surface area contributed by atoms with Crippen molar-refractivity contribution in [2.45, 2.75) is 47.5 Å². The monoisotopic (exact) mass is 202 g/mol. The molecule has 2 heteroatoms. The second kappa shape index (κ2) is 2.73. The fraction of sp³-hybridized carbons (Fsp3) is 0.909. The number of halogens is 1. The van der Waals surface area contributed by atoms with Gasteiger partial charge in [-0.1, -0.05) is 34.6 Å². The quantitative estimate of drug-likeness (QED) is 0.626. The molecular weight excluding hydrogens is 184 g/mol. The van der Waals surface area contributed by atoms with Crippen molar-refractivity contribution in [3.05, 3.63) is 0 Å². The first-order chi connectivity index (χ1) is 5.61. The molecule has 0 N–H and O–H groups in total. The van der Waals surface area contributed by atoms with Crippen LogP contribution in [-0.4, -0.2) is 5.24 Å². The Labute approximate surface area is 85.8 Å². The lowest BCUT2D eigenvalue weighted by molar-refractivity contribution is -0.118. The zero-order chi connectivity index (χ0) is 10.5. The molecule has 0 bridgehead atoms. The van der Waals surface area contributed by atoms with Crippen molar-refractivity contribution in [3.63, 3.8) is 0 Å². The molecule has 0 aromatic carbocycles. The van der Waals surface area contributed by atoms with Crippen molar-refractivity contribution in [3.8, 4) is 0 Å². The normalized spacial score (nSPS) is 31.5. The van der Waals surface area contributed by atoms with Gasteiger partial charge in [-0.2, -0.15) is 0 Å². The Morgan fingerprint density at radius 1 is 1.38 bits per heavy atom. The summed E-state index contributed by atoms with van der Waals surface area (Å²) in [7, 11) is 0. The highest BCUT2D eigenvalue weighted by atomic mass is 35.5. The largest absolute Gasteiger partial charge is 0.281 e. The predicted octanol–water partition coefficient (Wildman–Crippen LogP) is 3.60. The summed E-state index contributed by atoms with van der Waals surface area (Å²) in [6.45, 7) is 10.7.